The molecular weight excluding hydrogens is 308 g/mol. The van der Waals surface area contributed by atoms with E-state index in [0.29, 0.717) is 0 Å². The van der Waals surface area contributed by atoms with Gasteiger partial charge in [-0.3, -0.25) is 0 Å². The molecule has 0 amide bonds. The molecule has 1 atom stereocenters. The summed E-state index contributed by atoms with van der Waals surface area (Å²) in [6.07, 6.45) is -4.54. The van der Waals surface area contributed by atoms with Crippen molar-refractivity contribution in [3.63, 3.8) is 0 Å². The maximum atomic E-state index is 13.4. The Labute approximate surface area is 124 Å². The minimum atomic E-state index is -4.54. The Kier molecular flexibility index (Phi) is 4.42. The normalized spacial score (nSPS) is 13.0. The molecule has 0 radical (unpaired) electrons. The third kappa shape index (κ3) is 3.29. The Hall–Kier alpha value is -1.75. The van der Waals surface area contributed by atoms with E-state index in [1.54, 1.807) is 0 Å². The van der Waals surface area contributed by atoms with E-state index in [2.05, 4.69) is 0 Å². The largest absolute Gasteiger partial charge is 0.496 e. The number of hydrogen-bond acceptors (Lipinski definition) is 1. The van der Waals surface area contributed by atoms with Crippen LogP contribution in [0.3, 0.4) is 0 Å². The first-order valence-corrected chi connectivity index (χ1v) is 6.42. The fourth-order valence-corrected chi connectivity index (χ4v) is 2.41. The molecule has 2 aromatic carbocycles. The van der Waals surface area contributed by atoms with E-state index in [-0.39, 0.29) is 16.9 Å². The van der Waals surface area contributed by atoms with Crippen LogP contribution in [0.5, 0.6) is 5.75 Å². The van der Waals surface area contributed by atoms with Crippen molar-refractivity contribution in [1.29, 1.82) is 0 Å². The molecular formula is C15H11ClF4O. The number of hydrogen-bond donors (Lipinski definition) is 0. The van der Waals surface area contributed by atoms with Gasteiger partial charge in [-0.1, -0.05) is 18.2 Å². The Morgan fingerprint density at radius 2 is 1.71 bits per heavy atom. The topological polar surface area (TPSA) is 9.23 Å². The molecule has 1 nitrogen and oxygen atoms in total. The van der Waals surface area contributed by atoms with Gasteiger partial charge in [0.25, 0.3) is 0 Å². The molecule has 0 spiro atoms. The maximum Gasteiger partial charge on any atom is 0.416 e. The molecule has 21 heavy (non-hydrogen) atoms. The van der Waals surface area contributed by atoms with Gasteiger partial charge < -0.3 is 4.74 Å². The molecule has 112 valence electrons. The van der Waals surface area contributed by atoms with E-state index in [9.17, 15) is 17.6 Å². The first kappa shape index (κ1) is 15.6. The van der Waals surface area contributed by atoms with Crippen molar-refractivity contribution in [2.45, 2.75) is 11.6 Å². The molecule has 0 saturated carbocycles. The van der Waals surface area contributed by atoms with Crippen LogP contribution in [0.1, 0.15) is 22.1 Å². The van der Waals surface area contributed by atoms with Gasteiger partial charge in [-0.05, 0) is 29.8 Å². The first-order valence-electron chi connectivity index (χ1n) is 5.98. The molecule has 0 aliphatic heterocycles. The number of halogens is 5. The molecule has 0 bridgehead atoms. The summed E-state index contributed by atoms with van der Waals surface area (Å²) in [6, 6.07) is 8.49. The molecule has 1 unspecified atom stereocenters. The average Bonchev–Trinajstić information content (AvgIpc) is 2.45. The smallest absolute Gasteiger partial charge is 0.416 e. The number of methoxy groups -OCH3 is 1. The van der Waals surface area contributed by atoms with E-state index in [1.165, 1.54) is 31.4 Å². The summed E-state index contributed by atoms with van der Waals surface area (Å²) in [6.45, 7) is 0. The zero-order valence-corrected chi connectivity index (χ0v) is 11.7. The SMILES string of the molecule is COc1ccc(F)cc1C(Cl)c1ccccc1C(F)(F)F. The summed E-state index contributed by atoms with van der Waals surface area (Å²) in [5.41, 5.74) is -0.845. The van der Waals surface area contributed by atoms with Gasteiger partial charge in [0.05, 0.1) is 18.1 Å². The summed E-state index contributed by atoms with van der Waals surface area (Å²) >= 11 is 6.15. The van der Waals surface area contributed by atoms with Gasteiger partial charge in [0.1, 0.15) is 11.6 Å². The summed E-state index contributed by atoms with van der Waals surface area (Å²) in [4.78, 5) is 0. The van der Waals surface area contributed by atoms with Crippen molar-refractivity contribution in [3.8, 4) is 5.75 Å². The Balaban J connectivity index is 2.56. The van der Waals surface area contributed by atoms with Gasteiger partial charge in [-0.2, -0.15) is 13.2 Å². The predicted molar refractivity (Wildman–Crippen MR) is 72.1 cm³/mol. The van der Waals surface area contributed by atoms with Crippen LogP contribution in [0.4, 0.5) is 17.6 Å². The van der Waals surface area contributed by atoms with Crippen LogP contribution in [-0.2, 0) is 6.18 Å². The molecule has 2 rings (SSSR count). The number of benzene rings is 2. The monoisotopic (exact) mass is 318 g/mol. The highest BCUT2D eigenvalue weighted by Crippen LogP contribution is 2.41. The zero-order valence-electron chi connectivity index (χ0n) is 10.9. The second-order valence-electron chi connectivity index (χ2n) is 4.33. The van der Waals surface area contributed by atoms with Crippen molar-refractivity contribution in [2.24, 2.45) is 0 Å². The van der Waals surface area contributed by atoms with Gasteiger partial charge >= 0.3 is 6.18 Å². The van der Waals surface area contributed by atoms with E-state index in [4.69, 9.17) is 16.3 Å². The lowest BCUT2D eigenvalue weighted by atomic mass is 9.98. The molecule has 2 aromatic rings. The minimum Gasteiger partial charge on any atom is -0.496 e. The number of rotatable bonds is 3. The van der Waals surface area contributed by atoms with Gasteiger partial charge in [0.2, 0.25) is 0 Å². The van der Waals surface area contributed by atoms with Crippen molar-refractivity contribution < 1.29 is 22.3 Å². The second-order valence-corrected chi connectivity index (χ2v) is 4.77. The average molecular weight is 319 g/mol. The molecule has 6 heteroatoms. The van der Waals surface area contributed by atoms with Crippen molar-refractivity contribution >= 4 is 11.6 Å². The van der Waals surface area contributed by atoms with Gasteiger partial charge in [-0.25, -0.2) is 4.39 Å². The first-order chi connectivity index (χ1) is 9.84. The lowest BCUT2D eigenvalue weighted by molar-refractivity contribution is -0.138. The fourth-order valence-electron chi connectivity index (χ4n) is 2.05. The molecule has 0 aliphatic carbocycles. The summed E-state index contributed by atoms with van der Waals surface area (Å²) in [7, 11) is 1.34. The van der Waals surface area contributed by atoms with E-state index in [0.717, 1.165) is 18.2 Å². The third-order valence-electron chi connectivity index (χ3n) is 3.00. The van der Waals surface area contributed by atoms with Crippen LogP contribution in [0.25, 0.3) is 0 Å². The Bertz CT molecular complexity index is 640. The molecule has 0 aromatic heterocycles. The molecule has 0 fully saturated rings. The van der Waals surface area contributed by atoms with E-state index >= 15 is 0 Å². The molecule has 0 heterocycles. The quantitative estimate of drug-likeness (QED) is 0.559. The van der Waals surface area contributed by atoms with Crippen LogP contribution in [-0.4, -0.2) is 7.11 Å². The summed E-state index contributed by atoms with van der Waals surface area (Å²) in [5.74, 6) is -0.366. The standard InChI is InChI=1S/C15H11ClF4O/c1-21-13-7-6-9(17)8-11(13)14(16)10-4-2-3-5-12(10)15(18,19)20/h2-8,14H,1H3. The predicted octanol–water partition coefficient (Wildman–Crippen LogP) is 5.18. The third-order valence-corrected chi connectivity index (χ3v) is 3.47. The van der Waals surface area contributed by atoms with Gasteiger partial charge in [0, 0.05) is 5.56 Å². The van der Waals surface area contributed by atoms with E-state index < -0.39 is 22.9 Å². The number of ether oxygens (including phenoxy) is 1. The minimum absolute atomic E-state index is 0.143. The van der Waals surface area contributed by atoms with Crippen molar-refractivity contribution in [1.82, 2.24) is 0 Å². The fraction of sp³-hybridized carbons (Fsp3) is 0.200. The Morgan fingerprint density at radius 1 is 1.05 bits per heavy atom. The molecule has 0 aliphatic rings. The Morgan fingerprint density at radius 3 is 2.33 bits per heavy atom. The van der Waals surface area contributed by atoms with Crippen molar-refractivity contribution in [2.75, 3.05) is 7.11 Å². The van der Waals surface area contributed by atoms with Crippen LogP contribution in [0.2, 0.25) is 0 Å². The van der Waals surface area contributed by atoms with Gasteiger partial charge in [0.15, 0.2) is 0 Å². The molecule has 0 saturated heterocycles. The van der Waals surface area contributed by atoms with Crippen LogP contribution >= 0.6 is 11.6 Å². The highest BCUT2D eigenvalue weighted by atomic mass is 35.5. The maximum absolute atomic E-state index is 13.4. The summed E-state index contributed by atoms with van der Waals surface area (Å²) in [5, 5.41) is -1.17. The second kappa shape index (κ2) is 5.93. The molecule has 0 N–H and O–H groups in total. The van der Waals surface area contributed by atoms with Crippen LogP contribution < -0.4 is 4.74 Å². The van der Waals surface area contributed by atoms with Crippen LogP contribution in [0, 0.1) is 5.82 Å². The van der Waals surface area contributed by atoms with Crippen molar-refractivity contribution in [3.05, 3.63) is 65.0 Å². The summed E-state index contributed by atoms with van der Waals surface area (Å²) < 4.78 is 57.5. The lowest BCUT2D eigenvalue weighted by Gasteiger charge is -2.19. The lowest BCUT2D eigenvalue weighted by Crippen LogP contribution is -2.11. The number of alkyl halides is 4. The van der Waals surface area contributed by atoms with Gasteiger partial charge in [-0.15, -0.1) is 11.6 Å². The highest BCUT2D eigenvalue weighted by Gasteiger charge is 2.35. The van der Waals surface area contributed by atoms with Crippen LogP contribution in [0.15, 0.2) is 42.5 Å². The van der Waals surface area contributed by atoms with E-state index in [1.807, 2.05) is 0 Å². The zero-order chi connectivity index (χ0) is 15.6. The highest BCUT2D eigenvalue weighted by molar-refractivity contribution is 6.23.